The summed E-state index contributed by atoms with van der Waals surface area (Å²) in [5.74, 6) is 0.106. The minimum atomic E-state index is -0.224. The standard InChI is InChI=1S/C15H14N4O2/c20-14-11-3-1-2-4-12(11)15(21)19(14)8-7-18-9-13(16-17-18)10-5-6-10/h1-4,9-10H,5-8H2. The molecule has 0 spiro atoms. The molecule has 21 heavy (non-hydrogen) atoms. The van der Waals surface area contributed by atoms with E-state index in [1.807, 2.05) is 6.20 Å². The molecule has 0 unspecified atom stereocenters. The van der Waals surface area contributed by atoms with Crippen molar-refractivity contribution in [2.45, 2.75) is 25.3 Å². The number of imide groups is 1. The van der Waals surface area contributed by atoms with Gasteiger partial charge >= 0.3 is 0 Å². The number of carbonyl (C=O) groups is 2. The molecule has 0 atom stereocenters. The quantitative estimate of drug-likeness (QED) is 0.796. The van der Waals surface area contributed by atoms with E-state index in [0.717, 1.165) is 5.69 Å². The Hall–Kier alpha value is -2.50. The van der Waals surface area contributed by atoms with Crippen molar-refractivity contribution in [3.63, 3.8) is 0 Å². The maximum atomic E-state index is 12.2. The summed E-state index contributed by atoms with van der Waals surface area (Å²) >= 11 is 0. The molecule has 4 rings (SSSR count). The first-order valence-electron chi connectivity index (χ1n) is 7.09. The Labute approximate surface area is 121 Å². The lowest BCUT2D eigenvalue weighted by molar-refractivity contribution is 0.0647. The number of fused-ring (bicyclic) bond motifs is 1. The molecule has 1 fully saturated rings. The number of benzene rings is 1. The highest BCUT2D eigenvalue weighted by atomic mass is 16.2. The van der Waals surface area contributed by atoms with Crippen LogP contribution in [0.4, 0.5) is 0 Å². The van der Waals surface area contributed by atoms with Crippen molar-refractivity contribution in [3.8, 4) is 0 Å². The largest absolute Gasteiger partial charge is 0.272 e. The number of carbonyl (C=O) groups excluding carboxylic acids is 2. The topological polar surface area (TPSA) is 68.1 Å². The fourth-order valence-electron chi connectivity index (χ4n) is 2.63. The van der Waals surface area contributed by atoms with Gasteiger partial charge in [0.2, 0.25) is 0 Å². The Bertz CT molecular complexity index is 698. The summed E-state index contributed by atoms with van der Waals surface area (Å²) in [6.45, 7) is 0.797. The molecule has 2 aliphatic rings. The van der Waals surface area contributed by atoms with Crippen molar-refractivity contribution in [1.29, 1.82) is 0 Å². The summed E-state index contributed by atoms with van der Waals surface area (Å²) in [6, 6.07) is 6.92. The molecule has 2 aromatic rings. The molecule has 1 aliphatic heterocycles. The van der Waals surface area contributed by atoms with Gasteiger partial charge in [0.25, 0.3) is 11.8 Å². The maximum absolute atomic E-state index is 12.2. The predicted octanol–water partition coefficient (Wildman–Crippen LogP) is 1.45. The third kappa shape index (κ3) is 2.03. The molecule has 0 bridgehead atoms. The summed E-state index contributed by atoms with van der Waals surface area (Å²) < 4.78 is 1.71. The molecule has 1 aromatic carbocycles. The summed E-state index contributed by atoms with van der Waals surface area (Å²) in [5.41, 5.74) is 1.98. The molecule has 1 saturated carbocycles. The van der Waals surface area contributed by atoms with Gasteiger partial charge in [0.1, 0.15) is 0 Å². The first-order valence-corrected chi connectivity index (χ1v) is 7.09. The number of rotatable bonds is 4. The van der Waals surface area contributed by atoms with Crippen LogP contribution in [0.1, 0.15) is 45.2 Å². The fraction of sp³-hybridized carbons (Fsp3) is 0.333. The van der Waals surface area contributed by atoms with Gasteiger partial charge in [0, 0.05) is 18.7 Å². The van der Waals surface area contributed by atoms with Crippen LogP contribution in [0.25, 0.3) is 0 Å². The summed E-state index contributed by atoms with van der Waals surface area (Å²) in [7, 11) is 0. The van der Waals surface area contributed by atoms with Gasteiger partial charge in [0.15, 0.2) is 0 Å². The van der Waals surface area contributed by atoms with E-state index in [0.29, 0.717) is 30.1 Å². The van der Waals surface area contributed by atoms with Gasteiger partial charge in [-0.25, -0.2) is 0 Å². The molecular weight excluding hydrogens is 268 g/mol. The Morgan fingerprint density at radius 3 is 2.33 bits per heavy atom. The van der Waals surface area contributed by atoms with E-state index >= 15 is 0 Å². The van der Waals surface area contributed by atoms with Gasteiger partial charge in [-0.05, 0) is 25.0 Å². The second-order valence-corrected chi connectivity index (χ2v) is 5.49. The number of hydrogen-bond acceptors (Lipinski definition) is 4. The van der Waals surface area contributed by atoms with E-state index in [1.54, 1.807) is 28.9 Å². The molecule has 1 aliphatic carbocycles. The highest BCUT2D eigenvalue weighted by Crippen LogP contribution is 2.38. The zero-order valence-electron chi connectivity index (χ0n) is 11.4. The maximum Gasteiger partial charge on any atom is 0.261 e. The SMILES string of the molecule is O=C1c2ccccc2C(=O)N1CCn1cc(C2CC2)nn1. The van der Waals surface area contributed by atoms with Crippen LogP contribution in [0.15, 0.2) is 30.5 Å². The minimum Gasteiger partial charge on any atom is -0.272 e. The molecule has 6 nitrogen and oxygen atoms in total. The van der Waals surface area contributed by atoms with Crippen LogP contribution in [0, 0.1) is 0 Å². The zero-order chi connectivity index (χ0) is 14.4. The lowest BCUT2D eigenvalue weighted by Crippen LogP contribution is -2.33. The van der Waals surface area contributed by atoms with Gasteiger partial charge in [-0.2, -0.15) is 0 Å². The van der Waals surface area contributed by atoms with Crippen LogP contribution in [0.3, 0.4) is 0 Å². The second kappa shape index (κ2) is 4.51. The third-order valence-corrected chi connectivity index (χ3v) is 3.98. The van der Waals surface area contributed by atoms with E-state index in [2.05, 4.69) is 10.3 Å². The first kappa shape index (κ1) is 12.3. The van der Waals surface area contributed by atoms with Crippen LogP contribution in [0.5, 0.6) is 0 Å². The summed E-state index contributed by atoms with van der Waals surface area (Å²) in [5, 5.41) is 8.18. The number of nitrogens with zero attached hydrogens (tertiary/aromatic N) is 4. The molecule has 0 radical (unpaired) electrons. The zero-order valence-corrected chi connectivity index (χ0v) is 11.4. The molecule has 106 valence electrons. The van der Waals surface area contributed by atoms with Crippen LogP contribution in [-0.4, -0.2) is 38.3 Å². The summed E-state index contributed by atoms with van der Waals surface area (Å²) in [4.78, 5) is 25.7. The van der Waals surface area contributed by atoms with Gasteiger partial charge in [0.05, 0.1) is 23.4 Å². The fourth-order valence-corrected chi connectivity index (χ4v) is 2.63. The first-order chi connectivity index (χ1) is 10.2. The molecule has 2 heterocycles. The number of hydrogen-bond donors (Lipinski definition) is 0. The highest BCUT2D eigenvalue weighted by Gasteiger charge is 2.34. The average molecular weight is 282 g/mol. The van der Waals surface area contributed by atoms with Crippen molar-refractivity contribution in [2.75, 3.05) is 6.54 Å². The average Bonchev–Trinajstić information content (AvgIpc) is 3.20. The molecule has 6 heteroatoms. The van der Waals surface area contributed by atoms with Gasteiger partial charge < -0.3 is 0 Å². The van der Waals surface area contributed by atoms with Crippen LogP contribution in [-0.2, 0) is 6.54 Å². The monoisotopic (exact) mass is 282 g/mol. The van der Waals surface area contributed by atoms with Crippen LogP contribution in [0.2, 0.25) is 0 Å². The van der Waals surface area contributed by atoms with Crippen molar-refractivity contribution < 1.29 is 9.59 Å². The molecule has 0 saturated heterocycles. The Balaban J connectivity index is 1.48. The molecular formula is C15H14N4O2. The Kier molecular flexibility index (Phi) is 2.63. The second-order valence-electron chi connectivity index (χ2n) is 5.49. The van der Waals surface area contributed by atoms with Crippen LogP contribution < -0.4 is 0 Å². The van der Waals surface area contributed by atoms with Crippen LogP contribution >= 0.6 is 0 Å². The van der Waals surface area contributed by atoms with E-state index < -0.39 is 0 Å². The molecule has 2 amide bonds. The van der Waals surface area contributed by atoms with E-state index in [1.165, 1.54) is 17.7 Å². The number of amides is 2. The minimum absolute atomic E-state index is 0.224. The lowest BCUT2D eigenvalue weighted by atomic mass is 10.1. The van der Waals surface area contributed by atoms with Gasteiger partial charge in [-0.15, -0.1) is 5.10 Å². The Morgan fingerprint density at radius 2 is 1.71 bits per heavy atom. The smallest absolute Gasteiger partial charge is 0.261 e. The summed E-state index contributed by atoms with van der Waals surface area (Å²) in [6.07, 6.45) is 4.27. The highest BCUT2D eigenvalue weighted by molar-refractivity contribution is 6.21. The molecule has 1 aromatic heterocycles. The van der Waals surface area contributed by atoms with E-state index in [9.17, 15) is 9.59 Å². The van der Waals surface area contributed by atoms with Crippen molar-refractivity contribution >= 4 is 11.8 Å². The third-order valence-electron chi connectivity index (χ3n) is 3.98. The lowest BCUT2D eigenvalue weighted by Gasteiger charge is -2.13. The van der Waals surface area contributed by atoms with Crippen molar-refractivity contribution in [3.05, 3.63) is 47.3 Å². The molecule has 0 N–H and O–H groups in total. The predicted molar refractivity (Wildman–Crippen MR) is 73.8 cm³/mol. The van der Waals surface area contributed by atoms with Crippen molar-refractivity contribution in [2.24, 2.45) is 0 Å². The van der Waals surface area contributed by atoms with E-state index in [-0.39, 0.29) is 11.8 Å². The number of aromatic nitrogens is 3. The van der Waals surface area contributed by atoms with E-state index in [4.69, 9.17) is 0 Å². The van der Waals surface area contributed by atoms with Gasteiger partial charge in [-0.3, -0.25) is 19.2 Å². The van der Waals surface area contributed by atoms with Gasteiger partial charge in [-0.1, -0.05) is 17.3 Å². The normalized spacial score (nSPS) is 17.4. The van der Waals surface area contributed by atoms with Crippen molar-refractivity contribution in [1.82, 2.24) is 19.9 Å². The Morgan fingerprint density at radius 1 is 1.05 bits per heavy atom.